The van der Waals surface area contributed by atoms with Crippen LogP contribution in [-0.4, -0.2) is 41.2 Å². The van der Waals surface area contributed by atoms with Crippen LogP contribution in [0.2, 0.25) is 0 Å². The topological polar surface area (TPSA) is 119 Å². The number of nitro benzene ring substituents is 1. The van der Waals surface area contributed by atoms with Gasteiger partial charge in [0.1, 0.15) is 5.75 Å². The number of ether oxygens (including phenoxy) is 1. The molecular weight excluding hydrogens is 402 g/mol. The molecule has 0 radical (unpaired) electrons. The van der Waals surface area contributed by atoms with Crippen LogP contribution in [0.25, 0.3) is 10.8 Å². The molecule has 1 heterocycles. The van der Waals surface area contributed by atoms with E-state index in [-0.39, 0.29) is 40.6 Å². The molecule has 0 spiro atoms. The van der Waals surface area contributed by atoms with Crippen molar-refractivity contribution in [2.24, 2.45) is 0 Å². The molecule has 0 aromatic heterocycles. The molecule has 9 heteroatoms. The molecule has 9 nitrogen and oxygen atoms in total. The van der Waals surface area contributed by atoms with E-state index in [2.05, 4.69) is 5.32 Å². The Labute approximate surface area is 176 Å². The summed E-state index contributed by atoms with van der Waals surface area (Å²) in [5, 5.41) is 14.5. The Kier molecular flexibility index (Phi) is 5.08. The van der Waals surface area contributed by atoms with Crippen molar-refractivity contribution in [3.63, 3.8) is 0 Å². The molecule has 3 amide bonds. The summed E-state index contributed by atoms with van der Waals surface area (Å²) in [7, 11) is 1.48. The maximum absolute atomic E-state index is 12.9. The van der Waals surface area contributed by atoms with Crippen LogP contribution >= 0.6 is 0 Å². The standard InChI is InChI=1S/C22H17N3O6/c1-31-18-8-3-2-7-16(18)23-19(26)11-12-24-21(27)14-6-4-5-13-17(25(29)30)10-9-15(20(13)14)22(24)28/h2-10H,11-12H2,1H3,(H,23,26). The number of non-ortho nitro benzene ring substituents is 1. The van der Waals surface area contributed by atoms with Crippen molar-refractivity contribution in [1.29, 1.82) is 0 Å². The molecule has 3 aromatic carbocycles. The number of hydrogen-bond acceptors (Lipinski definition) is 6. The molecule has 4 rings (SSSR count). The number of nitrogens with one attached hydrogen (secondary N) is 1. The van der Waals surface area contributed by atoms with Crippen LogP contribution in [0.15, 0.2) is 54.6 Å². The fourth-order valence-corrected chi connectivity index (χ4v) is 3.67. The SMILES string of the molecule is COc1ccccc1NC(=O)CCN1C(=O)c2cccc3c([N+](=O)[O-])ccc(c23)C1=O. The first-order chi connectivity index (χ1) is 14.9. The van der Waals surface area contributed by atoms with Crippen LogP contribution in [0.4, 0.5) is 11.4 Å². The predicted octanol–water partition coefficient (Wildman–Crippen LogP) is 3.38. The van der Waals surface area contributed by atoms with Crippen LogP contribution in [0, 0.1) is 10.1 Å². The number of methoxy groups -OCH3 is 1. The Morgan fingerprint density at radius 1 is 1.03 bits per heavy atom. The minimum absolute atomic E-state index is 0.117. The lowest BCUT2D eigenvalue weighted by Crippen LogP contribution is -2.41. The third-order valence-electron chi connectivity index (χ3n) is 5.11. The third kappa shape index (κ3) is 3.46. The highest BCUT2D eigenvalue weighted by molar-refractivity contribution is 6.26. The first-order valence-corrected chi connectivity index (χ1v) is 9.41. The van der Waals surface area contributed by atoms with E-state index in [1.165, 1.54) is 37.4 Å². The van der Waals surface area contributed by atoms with Crippen LogP contribution in [0.3, 0.4) is 0 Å². The lowest BCUT2D eigenvalue weighted by molar-refractivity contribution is -0.383. The molecular formula is C22H17N3O6. The maximum atomic E-state index is 12.9. The van der Waals surface area contributed by atoms with Crippen molar-refractivity contribution in [2.75, 3.05) is 19.0 Å². The van der Waals surface area contributed by atoms with Gasteiger partial charge in [0.25, 0.3) is 17.5 Å². The van der Waals surface area contributed by atoms with Crippen molar-refractivity contribution < 1.29 is 24.0 Å². The highest BCUT2D eigenvalue weighted by Gasteiger charge is 2.34. The fourth-order valence-electron chi connectivity index (χ4n) is 3.67. The van der Waals surface area contributed by atoms with Crippen LogP contribution in [0.1, 0.15) is 27.1 Å². The highest BCUT2D eigenvalue weighted by atomic mass is 16.6. The Hall–Kier alpha value is -4.27. The number of para-hydroxylation sites is 2. The number of nitrogens with zero attached hydrogens (tertiary/aromatic N) is 2. The van der Waals surface area contributed by atoms with Crippen molar-refractivity contribution in [2.45, 2.75) is 6.42 Å². The van der Waals surface area contributed by atoms with Gasteiger partial charge in [0.15, 0.2) is 0 Å². The van der Waals surface area contributed by atoms with Gasteiger partial charge in [-0.05, 0) is 30.3 Å². The first kappa shape index (κ1) is 20.0. The van der Waals surface area contributed by atoms with E-state index in [9.17, 15) is 24.5 Å². The van der Waals surface area contributed by atoms with Crippen LogP contribution < -0.4 is 10.1 Å². The summed E-state index contributed by atoms with van der Waals surface area (Å²) in [6.07, 6.45) is -0.117. The second-order valence-electron chi connectivity index (χ2n) is 6.88. The summed E-state index contributed by atoms with van der Waals surface area (Å²) >= 11 is 0. The van der Waals surface area contributed by atoms with Gasteiger partial charge in [0, 0.05) is 35.5 Å². The number of benzene rings is 3. The monoisotopic (exact) mass is 419 g/mol. The van der Waals surface area contributed by atoms with Crippen LogP contribution in [0.5, 0.6) is 5.75 Å². The van der Waals surface area contributed by atoms with E-state index in [0.29, 0.717) is 11.4 Å². The summed E-state index contributed by atoms with van der Waals surface area (Å²) in [6, 6.07) is 14.1. The molecule has 0 aliphatic carbocycles. The van der Waals surface area contributed by atoms with Crippen molar-refractivity contribution in [3.8, 4) is 5.75 Å². The molecule has 31 heavy (non-hydrogen) atoms. The van der Waals surface area contributed by atoms with Gasteiger partial charge < -0.3 is 10.1 Å². The van der Waals surface area contributed by atoms with Crippen molar-refractivity contribution >= 4 is 39.9 Å². The predicted molar refractivity (Wildman–Crippen MR) is 112 cm³/mol. The fraction of sp³-hybridized carbons (Fsp3) is 0.136. The second kappa shape index (κ2) is 7.86. The number of anilines is 1. The third-order valence-corrected chi connectivity index (χ3v) is 5.11. The number of imide groups is 1. The van der Waals surface area contributed by atoms with E-state index in [0.717, 1.165) is 4.90 Å². The Bertz CT molecular complexity index is 1230. The molecule has 1 N–H and O–H groups in total. The lowest BCUT2D eigenvalue weighted by Gasteiger charge is -2.27. The molecule has 0 fully saturated rings. The Balaban J connectivity index is 1.58. The molecule has 0 bridgehead atoms. The molecule has 1 aliphatic heterocycles. The van der Waals surface area contributed by atoms with Gasteiger partial charge in [-0.15, -0.1) is 0 Å². The summed E-state index contributed by atoms with van der Waals surface area (Å²) < 4.78 is 5.19. The van der Waals surface area contributed by atoms with Gasteiger partial charge in [-0.1, -0.05) is 18.2 Å². The highest BCUT2D eigenvalue weighted by Crippen LogP contribution is 2.35. The lowest BCUT2D eigenvalue weighted by atomic mass is 9.93. The number of rotatable bonds is 6. The minimum atomic E-state index is -0.589. The maximum Gasteiger partial charge on any atom is 0.277 e. The van der Waals surface area contributed by atoms with Crippen molar-refractivity contribution in [3.05, 3.63) is 75.8 Å². The van der Waals surface area contributed by atoms with Gasteiger partial charge in [-0.2, -0.15) is 0 Å². The molecule has 3 aromatic rings. The number of nitro groups is 1. The molecule has 0 atom stereocenters. The van der Waals surface area contributed by atoms with E-state index in [1.807, 2.05) is 0 Å². The molecule has 0 saturated carbocycles. The van der Waals surface area contributed by atoms with Gasteiger partial charge in [0.2, 0.25) is 5.91 Å². The molecule has 1 aliphatic rings. The number of hydrogen-bond donors (Lipinski definition) is 1. The summed E-state index contributed by atoms with van der Waals surface area (Å²) in [4.78, 5) is 50.1. The van der Waals surface area contributed by atoms with E-state index in [1.54, 1.807) is 24.3 Å². The zero-order valence-electron chi connectivity index (χ0n) is 16.5. The normalized spacial score (nSPS) is 12.7. The molecule has 0 unspecified atom stereocenters. The molecule has 0 saturated heterocycles. The summed E-state index contributed by atoms with van der Waals surface area (Å²) in [5.41, 5.74) is 0.696. The minimum Gasteiger partial charge on any atom is -0.495 e. The Morgan fingerprint density at radius 2 is 1.74 bits per heavy atom. The zero-order valence-corrected chi connectivity index (χ0v) is 16.5. The van der Waals surface area contributed by atoms with E-state index in [4.69, 9.17) is 4.74 Å². The van der Waals surface area contributed by atoms with Gasteiger partial charge >= 0.3 is 0 Å². The number of carbonyl (C=O) groups is 3. The quantitative estimate of drug-likeness (QED) is 0.372. The van der Waals surface area contributed by atoms with Crippen LogP contribution in [-0.2, 0) is 4.79 Å². The average Bonchev–Trinajstić information content (AvgIpc) is 2.77. The van der Waals surface area contributed by atoms with E-state index >= 15 is 0 Å². The largest absolute Gasteiger partial charge is 0.495 e. The second-order valence-corrected chi connectivity index (χ2v) is 6.88. The van der Waals surface area contributed by atoms with Gasteiger partial charge in [0.05, 0.1) is 23.1 Å². The average molecular weight is 419 g/mol. The smallest absolute Gasteiger partial charge is 0.277 e. The van der Waals surface area contributed by atoms with Crippen molar-refractivity contribution in [1.82, 2.24) is 4.90 Å². The zero-order chi connectivity index (χ0) is 22.1. The van der Waals surface area contributed by atoms with Gasteiger partial charge in [-0.25, -0.2) is 0 Å². The summed E-state index contributed by atoms with van der Waals surface area (Å²) in [6.45, 7) is -0.133. The molecule has 156 valence electrons. The number of carbonyl (C=O) groups excluding carboxylic acids is 3. The van der Waals surface area contributed by atoms with Gasteiger partial charge in [-0.3, -0.25) is 29.4 Å². The summed E-state index contributed by atoms with van der Waals surface area (Å²) in [5.74, 6) is -1.08. The first-order valence-electron chi connectivity index (χ1n) is 9.41. The Morgan fingerprint density at radius 3 is 2.45 bits per heavy atom. The van der Waals surface area contributed by atoms with E-state index < -0.39 is 22.6 Å². The number of amides is 3.